The SMILES string of the molecule is COc1ccc(CC(=O)N(Cc2cccc(Cl)c2)[C@H](Cc2ccccc2)C(=O)NC(C)C)cc1. The van der Waals surface area contributed by atoms with Crippen molar-refractivity contribution >= 4 is 23.4 Å². The molecule has 0 saturated carbocycles. The van der Waals surface area contributed by atoms with Crippen LogP contribution in [0.1, 0.15) is 30.5 Å². The van der Waals surface area contributed by atoms with Crippen LogP contribution in [0.15, 0.2) is 78.9 Å². The Kier molecular flexibility index (Phi) is 9.11. The van der Waals surface area contributed by atoms with E-state index in [0.29, 0.717) is 11.4 Å². The minimum atomic E-state index is -0.672. The third kappa shape index (κ3) is 7.35. The van der Waals surface area contributed by atoms with Crippen LogP contribution in [0.4, 0.5) is 0 Å². The van der Waals surface area contributed by atoms with Gasteiger partial charge in [0, 0.05) is 24.0 Å². The van der Waals surface area contributed by atoms with Crippen LogP contribution in [0.3, 0.4) is 0 Å². The molecule has 0 fully saturated rings. The molecule has 178 valence electrons. The van der Waals surface area contributed by atoms with Gasteiger partial charge < -0.3 is 15.0 Å². The van der Waals surface area contributed by atoms with Crippen molar-refractivity contribution in [3.8, 4) is 5.75 Å². The zero-order valence-corrected chi connectivity index (χ0v) is 20.6. The summed E-state index contributed by atoms with van der Waals surface area (Å²) in [5.41, 5.74) is 2.70. The number of hydrogen-bond acceptors (Lipinski definition) is 3. The molecular weight excluding hydrogens is 448 g/mol. The van der Waals surface area contributed by atoms with Gasteiger partial charge in [-0.05, 0) is 54.8 Å². The van der Waals surface area contributed by atoms with E-state index in [1.165, 1.54) is 0 Å². The highest BCUT2D eigenvalue weighted by Gasteiger charge is 2.30. The van der Waals surface area contributed by atoms with E-state index in [0.717, 1.165) is 22.4 Å². The van der Waals surface area contributed by atoms with Gasteiger partial charge in [0.15, 0.2) is 0 Å². The fourth-order valence-electron chi connectivity index (χ4n) is 3.79. The molecule has 3 rings (SSSR count). The van der Waals surface area contributed by atoms with Gasteiger partial charge in [-0.3, -0.25) is 9.59 Å². The molecule has 0 saturated heterocycles. The molecule has 0 bridgehead atoms. The molecule has 0 aliphatic heterocycles. The first-order chi connectivity index (χ1) is 16.4. The molecule has 0 aliphatic carbocycles. The number of amides is 2. The smallest absolute Gasteiger partial charge is 0.243 e. The summed E-state index contributed by atoms with van der Waals surface area (Å²) in [4.78, 5) is 28.7. The van der Waals surface area contributed by atoms with Crippen molar-refractivity contribution in [1.29, 1.82) is 0 Å². The van der Waals surface area contributed by atoms with Gasteiger partial charge in [-0.1, -0.05) is 66.2 Å². The monoisotopic (exact) mass is 478 g/mol. The quantitative estimate of drug-likeness (QED) is 0.443. The van der Waals surface area contributed by atoms with Crippen LogP contribution in [0.25, 0.3) is 0 Å². The molecule has 6 heteroatoms. The molecular formula is C28H31ClN2O3. The van der Waals surface area contributed by atoms with Gasteiger partial charge in [-0.2, -0.15) is 0 Å². The van der Waals surface area contributed by atoms with E-state index in [1.54, 1.807) is 18.1 Å². The minimum Gasteiger partial charge on any atom is -0.497 e. The van der Waals surface area contributed by atoms with E-state index >= 15 is 0 Å². The predicted molar refractivity (Wildman–Crippen MR) is 136 cm³/mol. The lowest BCUT2D eigenvalue weighted by Gasteiger charge is -2.32. The van der Waals surface area contributed by atoms with Gasteiger partial charge in [0.1, 0.15) is 11.8 Å². The van der Waals surface area contributed by atoms with Crippen molar-refractivity contribution in [2.75, 3.05) is 7.11 Å². The highest BCUT2D eigenvalue weighted by atomic mass is 35.5. The van der Waals surface area contributed by atoms with Crippen LogP contribution in [0, 0.1) is 0 Å². The fraction of sp³-hybridized carbons (Fsp3) is 0.286. The number of methoxy groups -OCH3 is 1. The summed E-state index contributed by atoms with van der Waals surface area (Å²) in [6.45, 7) is 4.11. The summed E-state index contributed by atoms with van der Waals surface area (Å²) < 4.78 is 5.22. The first-order valence-corrected chi connectivity index (χ1v) is 11.7. The molecule has 0 aliphatic rings. The maximum absolute atomic E-state index is 13.7. The van der Waals surface area contributed by atoms with Crippen molar-refractivity contribution in [3.63, 3.8) is 0 Å². The Bertz CT molecular complexity index is 1080. The van der Waals surface area contributed by atoms with E-state index in [4.69, 9.17) is 16.3 Å². The van der Waals surface area contributed by atoms with Crippen LogP contribution >= 0.6 is 11.6 Å². The number of halogens is 1. The molecule has 0 spiro atoms. The van der Waals surface area contributed by atoms with Gasteiger partial charge >= 0.3 is 0 Å². The van der Waals surface area contributed by atoms with Crippen LogP contribution in [0.5, 0.6) is 5.75 Å². The van der Waals surface area contributed by atoms with Gasteiger partial charge in [0.2, 0.25) is 11.8 Å². The van der Waals surface area contributed by atoms with Gasteiger partial charge in [0.05, 0.1) is 13.5 Å². The average Bonchev–Trinajstić information content (AvgIpc) is 2.82. The summed E-state index contributed by atoms with van der Waals surface area (Å²) in [6.07, 6.45) is 0.582. The number of nitrogens with zero attached hydrogens (tertiary/aromatic N) is 1. The van der Waals surface area contributed by atoms with Crippen molar-refractivity contribution in [2.24, 2.45) is 0 Å². The largest absolute Gasteiger partial charge is 0.497 e. The molecule has 2 amide bonds. The Morgan fingerprint density at radius 3 is 2.21 bits per heavy atom. The van der Waals surface area contributed by atoms with Crippen LogP contribution in [-0.2, 0) is 29.0 Å². The molecule has 0 radical (unpaired) electrons. The molecule has 34 heavy (non-hydrogen) atoms. The van der Waals surface area contributed by atoms with E-state index in [-0.39, 0.29) is 30.8 Å². The summed E-state index contributed by atoms with van der Waals surface area (Å²) in [5.74, 6) is 0.416. The number of benzene rings is 3. The maximum Gasteiger partial charge on any atom is 0.243 e. The van der Waals surface area contributed by atoms with Crippen molar-refractivity contribution in [2.45, 2.75) is 45.3 Å². The minimum absolute atomic E-state index is 0.0458. The highest BCUT2D eigenvalue weighted by molar-refractivity contribution is 6.30. The van der Waals surface area contributed by atoms with E-state index in [9.17, 15) is 9.59 Å². The standard InChI is InChI=1S/C28H31ClN2O3/c1-20(2)30-28(33)26(17-21-8-5-4-6-9-21)31(19-23-10-7-11-24(29)16-23)27(32)18-22-12-14-25(34-3)15-13-22/h4-16,20,26H,17-19H2,1-3H3,(H,30,33)/t26-/m1/s1. The predicted octanol–water partition coefficient (Wildman–Crippen LogP) is 5.06. The molecule has 0 unspecified atom stereocenters. The number of rotatable bonds is 10. The van der Waals surface area contributed by atoms with Crippen molar-refractivity contribution in [3.05, 3.63) is 101 Å². The zero-order valence-electron chi connectivity index (χ0n) is 19.8. The Morgan fingerprint density at radius 1 is 0.912 bits per heavy atom. The van der Waals surface area contributed by atoms with Crippen molar-refractivity contribution in [1.82, 2.24) is 10.2 Å². The molecule has 5 nitrogen and oxygen atoms in total. The summed E-state index contributed by atoms with van der Waals surface area (Å²) >= 11 is 6.21. The average molecular weight is 479 g/mol. The lowest BCUT2D eigenvalue weighted by molar-refractivity contribution is -0.141. The Labute approximate surface area is 206 Å². The normalized spacial score (nSPS) is 11.7. The molecule has 0 heterocycles. The summed E-state index contributed by atoms with van der Waals surface area (Å²) in [5, 5.41) is 3.59. The second kappa shape index (κ2) is 12.2. The molecule has 0 aromatic heterocycles. The zero-order chi connectivity index (χ0) is 24.5. The van der Waals surface area contributed by atoms with Crippen molar-refractivity contribution < 1.29 is 14.3 Å². The Balaban J connectivity index is 1.95. The van der Waals surface area contributed by atoms with E-state index in [1.807, 2.05) is 86.6 Å². The Hall–Kier alpha value is -3.31. The second-order valence-electron chi connectivity index (χ2n) is 8.55. The van der Waals surface area contributed by atoms with E-state index < -0.39 is 6.04 Å². The summed E-state index contributed by atoms with van der Waals surface area (Å²) in [7, 11) is 1.61. The number of ether oxygens (including phenoxy) is 1. The first-order valence-electron chi connectivity index (χ1n) is 11.4. The summed E-state index contributed by atoms with van der Waals surface area (Å²) in [6, 6.07) is 23.8. The fourth-order valence-corrected chi connectivity index (χ4v) is 4.00. The molecule has 1 N–H and O–H groups in total. The maximum atomic E-state index is 13.7. The number of carbonyl (C=O) groups excluding carboxylic acids is 2. The van der Waals surface area contributed by atoms with Crippen LogP contribution < -0.4 is 10.1 Å². The third-order valence-electron chi connectivity index (χ3n) is 5.46. The second-order valence-corrected chi connectivity index (χ2v) is 8.98. The van der Waals surface area contributed by atoms with Gasteiger partial charge in [-0.15, -0.1) is 0 Å². The van der Waals surface area contributed by atoms with Crippen LogP contribution in [0.2, 0.25) is 5.02 Å². The lowest BCUT2D eigenvalue weighted by Crippen LogP contribution is -2.52. The van der Waals surface area contributed by atoms with Crippen LogP contribution in [-0.4, -0.2) is 35.9 Å². The first kappa shape index (κ1) is 25.3. The highest BCUT2D eigenvalue weighted by Crippen LogP contribution is 2.19. The molecule has 3 aromatic carbocycles. The van der Waals surface area contributed by atoms with Gasteiger partial charge in [-0.25, -0.2) is 0 Å². The Morgan fingerprint density at radius 2 is 1.59 bits per heavy atom. The number of carbonyl (C=O) groups is 2. The molecule has 1 atom stereocenters. The number of hydrogen-bond donors (Lipinski definition) is 1. The number of nitrogens with one attached hydrogen (secondary N) is 1. The van der Waals surface area contributed by atoms with E-state index in [2.05, 4.69) is 5.32 Å². The topological polar surface area (TPSA) is 58.6 Å². The third-order valence-corrected chi connectivity index (χ3v) is 5.69. The molecule has 3 aromatic rings. The lowest BCUT2D eigenvalue weighted by atomic mass is 10.0. The van der Waals surface area contributed by atoms with Gasteiger partial charge in [0.25, 0.3) is 0 Å².